The van der Waals surface area contributed by atoms with Gasteiger partial charge in [0.25, 0.3) is 0 Å². The molecule has 3 atom stereocenters. The second-order valence-electron chi connectivity index (χ2n) is 16.4. The van der Waals surface area contributed by atoms with E-state index in [9.17, 15) is 19.4 Å². The minimum atomic E-state index is -4.34. The summed E-state index contributed by atoms with van der Waals surface area (Å²) in [6, 6.07) is -0.856. The van der Waals surface area contributed by atoms with Gasteiger partial charge in [0.15, 0.2) is 0 Å². The first kappa shape index (κ1) is 52.0. The lowest BCUT2D eigenvalue weighted by Crippen LogP contribution is -2.45. The van der Waals surface area contributed by atoms with Crippen LogP contribution in [0.1, 0.15) is 200 Å². The quantitative estimate of drug-likeness (QED) is 0.0248. The van der Waals surface area contributed by atoms with Crippen molar-refractivity contribution in [2.75, 3.05) is 40.9 Å². The predicted molar refractivity (Wildman–Crippen MR) is 226 cm³/mol. The van der Waals surface area contributed by atoms with Gasteiger partial charge in [-0.05, 0) is 38.5 Å². The van der Waals surface area contributed by atoms with Crippen LogP contribution in [0.3, 0.4) is 0 Å². The Morgan fingerprint density at radius 2 is 1.02 bits per heavy atom. The third kappa shape index (κ3) is 39.0. The van der Waals surface area contributed by atoms with E-state index < -0.39 is 20.0 Å². The molecule has 0 bridgehead atoms. The molecule has 1 amide bonds. The molecule has 9 heteroatoms. The molecular formula is C44H88N2O6P+. The number of rotatable bonds is 40. The van der Waals surface area contributed by atoms with Crippen molar-refractivity contribution in [3.8, 4) is 0 Å². The number of unbranched alkanes of at least 4 members (excludes halogenated alkanes) is 25. The van der Waals surface area contributed by atoms with Gasteiger partial charge < -0.3 is 19.8 Å². The van der Waals surface area contributed by atoms with Gasteiger partial charge in [-0.15, -0.1) is 0 Å². The Kier molecular flexibility index (Phi) is 35.9. The van der Waals surface area contributed by atoms with E-state index in [1.807, 2.05) is 27.2 Å². The van der Waals surface area contributed by atoms with Gasteiger partial charge in [0.1, 0.15) is 13.2 Å². The number of hydrogen-bond acceptors (Lipinski definition) is 5. The lowest BCUT2D eigenvalue weighted by molar-refractivity contribution is -0.870. The highest BCUT2D eigenvalue weighted by molar-refractivity contribution is 7.47. The maximum Gasteiger partial charge on any atom is 0.472 e. The molecule has 0 aromatic carbocycles. The van der Waals surface area contributed by atoms with E-state index in [0.29, 0.717) is 23.9 Å². The summed E-state index contributed by atoms with van der Waals surface area (Å²) in [5.41, 5.74) is 0. The zero-order chi connectivity index (χ0) is 39.3. The molecule has 8 nitrogen and oxygen atoms in total. The van der Waals surface area contributed by atoms with Crippen LogP contribution in [0.25, 0.3) is 0 Å². The number of allylic oxidation sites excluding steroid dienone is 3. The predicted octanol–water partition coefficient (Wildman–Crippen LogP) is 12.1. The molecule has 0 radical (unpaired) electrons. The molecule has 53 heavy (non-hydrogen) atoms. The number of hydrogen-bond donors (Lipinski definition) is 3. The molecule has 0 aliphatic carbocycles. The van der Waals surface area contributed by atoms with Crippen molar-refractivity contribution < 1.29 is 32.9 Å². The average Bonchev–Trinajstić information content (AvgIpc) is 3.10. The second kappa shape index (κ2) is 36.6. The van der Waals surface area contributed by atoms with Crippen molar-refractivity contribution in [2.45, 2.75) is 212 Å². The van der Waals surface area contributed by atoms with E-state index in [1.54, 1.807) is 6.08 Å². The number of amides is 1. The summed E-state index contributed by atoms with van der Waals surface area (Å²) in [6.45, 7) is 4.76. The third-order valence-electron chi connectivity index (χ3n) is 9.92. The number of aliphatic hydroxyl groups excluding tert-OH is 1. The van der Waals surface area contributed by atoms with Gasteiger partial charge >= 0.3 is 7.82 Å². The number of aliphatic hydroxyl groups is 1. The monoisotopic (exact) mass is 772 g/mol. The highest BCUT2D eigenvalue weighted by Gasteiger charge is 2.27. The van der Waals surface area contributed by atoms with Crippen LogP contribution in [0.2, 0.25) is 0 Å². The van der Waals surface area contributed by atoms with Crippen LogP contribution in [0, 0.1) is 0 Å². The number of carbonyl (C=O) groups is 1. The van der Waals surface area contributed by atoms with Crippen LogP contribution < -0.4 is 5.32 Å². The Bertz CT molecular complexity index is 922. The molecule has 0 fully saturated rings. The molecular weight excluding hydrogens is 683 g/mol. The molecule has 0 saturated carbocycles. The van der Waals surface area contributed by atoms with E-state index in [1.165, 1.54) is 141 Å². The maximum atomic E-state index is 12.8. The summed E-state index contributed by atoms with van der Waals surface area (Å²) in [6.07, 6.45) is 42.7. The van der Waals surface area contributed by atoms with E-state index in [4.69, 9.17) is 9.05 Å². The Morgan fingerprint density at radius 1 is 0.623 bits per heavy atom. The number of phosphoric ester groups is 1. The molecule has 3 N–H and O–H groups in total. The number of carbonyl (C=O) groups excluding carboxylic acids is 1. The number of nitrogens with one attached hydrogen (secondary N) is 1. The van der Waals surface area contributed by atoms with Crippen LogP contribution in [-0.4, -0.2) is 73.4 Å². The lowest BCUT2D eigenvalue weighted by atomic mass is 10.0. The van der Waals surface area contributed by atoms with Gasteiger partial charge in [-0.3, -0.25) is 13.8 Å². The first-order valence-electron chi connectivity index (χ1n) is 22.2. The van der Waals surface area contributed by atoms with Crippen LogP contribution in [0.15, 0.2) is 24.3 Å². The fourth-order valence-corrected chi connectivity index (χ4v) is 7.07. The Hall–Kier alpha value is -1.02. The number of likely N-dealkylation sites (N-methyl/N-ethyl adjacent to an activating group) is 1. The largest absolute Gasteiger partial charge is 0.472 e. The zero-order valence-electron chi connectivity index (χ0n) is 35.5. The second-order valence-corrected chi connectivity index (χ2v) is 17.9. The zero-order valence-corrected chi connectivity index (χ0v) is 36.4. The fraction of sp³-hybridized carbons (Fsp3) is 0.886. The average molecular weight is 772 g/mol. The van der Waals surface area contributed by atoms with E-state index in [0.717, 1.165) is 32.1 Å². The minimum Gasteiger partial charge on any atom is -0.387 e. The molecule has 0 aromatic rings. The lowest BCUT2D eigenvalue weighted by Gasteiger charge is -2.25. The minimum absolute atomic E-state index is 0.0579. The van der Waals surface area contributed by atoms with Crippen LogP contribution >= 0.6 is 7.82 Å². The summed E-state index contributed by atoms with van der Waals surface area (Å²) in [5.74, 6) is -0.213. The Balaban J connectivity index is 4.29. The van der Waals surface area contributed by atoms with Crippen LogP contribution in [0.4, 0.5) is 0 Å². The highest BCUT2D eigenvalue weighted by atomic mass is 31.2. The SMILES string of the molecule is CCCCCC/C=C\CCCC(=O)NC(COP(=O)(O)OCC[N+](C)(C)C)C(O)/C=C/CCCCCCCCCCCCCCCCCCCCCC. The molecule has 0 aromatic heterocycles. The Labute approximate surface area is 328 Å². The van der Waals surface area contributed by atoms with Crippen molar-refractivity contribution >= 4 is 13.7 Å². The van der Waals surface area contributed by atoms with Gasteiger partial charge in [-0.2, -0.15) is 0 Å². The van der Waals surface area contributed by atoms with Gasteiger partial charge in [0, 0.05) is 6.42 Å². The first-order valence-corrected chi connectivity index (χ1v) is 23.7. The van der Waals surface area contributed by atoms with Crippen molar-refractivity contribution in [3.63, 3.8) is 0 Å². The number of nitrogens with zero attached hydrogens (tertiary/aromatic N) is 1. The molecule has 0 saturated heterocycles. The Morgan fingerprint density at radius 3 is 1.47 bits per heavy atom. The normalized spacial score (nSPS) is 14.6. The summed E-state index contributed by atoms with van der Waals surface area (Å²) < 4.78 is 23.5. The standard InChI is InChI=1S/C44H87N2O6P/c1-6-8-10-12-14-16-17-18-19-20-21-22-23-24-25-26-27-28-30-31-33-35-37-43(47)42(41-52-53(49,50)51-40-39-46(3,4)5)45-44(48)38-36-34-32-29-15-13-11-9-7-2/h29,32,35,37,42-43,47H,6-28,30-31,33-34,36,38-41H2,1-5H3,(H-,45,48,49,50)/p+1/b32-29-,37-35+. The number of phosphoric acid groups is 1. The summed E-state index contributed by atoms with van der Waals surface area (Å²) in [4.78, 5) is 23.0. The number of quaternary nitrogens is 1. The third-order valence-corrected chi connectivity index (χ3v) is 10.9. The molecule has 0 aliphatic rings. The van der Waals surface area contributed by atoms with Crippen LogP contribution in [-0.2, 0) is 18.4 Å². The van der Waals surface area contributed by atoms with Crippen molar-refractivity contribution in [1.29, 1.82) is 0 Å². The van der Waals surface area contributed by atoms with Gasteiger partial charge in [-0.25, -0.2) is 4.57 Å². The fourth-order valence-electron chi connectivity index (χ4n) is 6.34. The molecule has 0 aliphatic heterocycles. The molecule has 0 heterocycles. The molecule has 0 rings (SSSR count). The molecule has 0 spiro atoms. The van der Waals surface area contributed by atoms with E-state index >= 15 is 0 Å². The van der Waals surface area contributed by atoms with E-state index in [-0.39, 0.29) is 19.1 Å². The maximum absolute atomic E-state index is 12.8. The summed E-state index contributed by atoms with van der Waals surface area (Å²) in [7, 11) is 1.56. The van der Waals surface area contributed by atoms with Crippen molar-refractivity contribution in [2.24, 2.45) is 0 Å². The van der Waals surface area contributed by atoms with E-state index in [2.05, 4.69) is 31.3 Å². The topological polar surface area (TPSA) is 105 Å². The van der Waals surface area contributed by atoms with Gasteiger partial charge in [0.05, 0.1) is 39.9 Å². The molecule has 3 unspecified atom stereocenters. The molecule has 314 valence electrons. The van der Waals surface area contributed by atoms with Gasteiger partial charge in [-0.1, -0.05) is 179 Å². The van der Waals surface area contributed by atoms with Crippen molar-refractivity contribution in [1.82, 2.24) is 5.32 Å². The highest BCUT2D eigenvalue weighted by Crippen LogP contribution is 2.43. The van der Waals surface area contributed by atoms with Crippen LogP contribution in [0.5, 0.6) is 0 Å². The summed E-state index contributed by atoms with van der Waals surface area (Å²) >= 11 is 0. The van der Waals surface area contributed by atoms with Crippen molar-refractivity contribution in [3.05, 3.63) is 24.3 Å². The smallest absolute Gasteiger partial charge is 0.387 e. The van der Waals surface area contributed by atoms with Gasteiger partial charge in [0.2, 0.25) is 5.91 Å². The first-order chi connectivity index (χ1) is 25.5. The summed E-state index contributed by atoms with van der Waals surface area (Å²) in [5, 5.41) is 13.8.